The van der Waals surface area contributed by atoms with Crippen molar-refractivity contribution >= 4 is 0 Å². The zero-order valence-electron chi connectivity index (χ0n) is 8.06. The van der Waals surface area contributed by atoms with Gasteiger partial charge in [0.15, 0.2) is 0 Å². The Bertz CT molecular complexity index is 368. The monoisotopic (exact) mass is 214 g/mol. The SMILES string of the molecule is COc1ccc(C#CCC(F)(F)F)cc1. The first-order valence-corrected chi connectivity index (χ1v) is 4.21. The third kappa shape index (κ3) is 4.41. The molecule has 0 radical (unpaired) electrons. The number of methoxy groups -OCH3 is 1. The highest BCUT2D eigenvalue weighted by Crippen LogP contribution is 2.18. The largest absolute Gasteiger partial charge is 0.497 e. The number of rotatable bonds is 1. The zero-order chi connectivity index (χ0) is 11.3. The van der Waals surface area contributed by atoms with E-state index in [1.165, 1.54) is 7.11 Å². The summed E-state index contributed by atoms with van der Waals surface area (Å²) in [5.74, 6) is 5.14. The standard InChI is InChI=1S/C11H9F3O/c1-15-10-6-4-9(5-7-10)3-2-8-11(12,13)14/h4-7H,8H2,1H3. The summed E-state index contributed by atoms with van der Waals surface area (Å²) < 4.78 is 40.2. The smallest absolute Gasteiger partial charge is 0.399 e. The van der Waals surface area contributed by atoms with Gasteiger partial charge in [0, 0.05) is 5.56 Å². The molecule has 0 saturated carbocycles. The number of halogens is 3. The number of hydrogen-bond acceptors (Lipinski definition) is 1. The van der Waals surface area contributed by atoms with Crippen LogP contribution in [0.1, 0.15) is 12.0 Å². The molecule has 0 aliphatic carbocycles. The predicted octanol–water partition coefficient (Wildman–Crippen LogP) is 3.00. The third-order valence-electron chi connectivity index (χ3n) is 1.61. The normalized spacial score (nSPS) is 10.4. The summed E-state index contributed by atoms with van der Waals surface area (Å²) >= 11 is 0. The van der Waals surface area contributed by atoms with Gasteiger partial charge < -0.3 is 4.74 Å². The molecule has 80 valence electrons. The second-order valence-corrected chi connectivity index (χ2v) is 2.82. The fraction of sp³-hybridized carbons (Fsp3) is 0.273. The van der Waals surface area contributed by atoms with Crippen molar-refractivity contribution < 1.29 is 17.9 Å². The van der Waals surface area contributed by atoms with Gasteiger partial charge in [-0.05, 0) is 24.3 Å². The topological polar surface area (TPSA) is 9.23 Å². The highest BCUT2D eigenvalue weighted by Gasteiger charge is 2.25. The van der Waals surface area contributed by atoms with Crippen molar-refractivity contribution in [3.05, 3.63) is 29.8 Å². The molecule has 4 heteroatoms. The fourth-order valence-electron chi connectivity index (χ4n) is 0.921. The minimum Gasteiger partial charge on any atom is -0.497 e. The fourth-order valence-corrected chi connectivity index (χ4v) is 0.921. The molecule has 15 heavy (non-hydrogen) atoms. The molecular formula is C11H9F3O. The Morgan fingerprint density at radius 1 is 1.20 bits per heavy atom. The van der Waals surface area contributed by atoms with Gasteiger partial charge in [0.05, 0.1) is 7.11 Å². The van der Waals surface area contributed by atoms with Crippen molar-refractivity contribution in [1.29, 1.82) is 0 Å². The molecule has 0 N–H and O–H groups in total. The maximum Gasteiger partial charge on any atom is 0.399 e. The first-order chi connectivity index (χ1) is 7.01. The summed E-state index contributed by atoms with van der Waals surface area (Å²) in [5.41, 5.74) is 0.542. The van der Waals surface area contributed by atoms with Crippen LogP contribution in [0.5, 0.6) is 5.75 Å². The van der Waals surface area contributed by atoms with E-state index in [-0.39, 0.29) is 0 Å². The molecule has 0 aromatic heterocycles. The van der Waals surface area contributed by atoms with Gasteiger partial charge in [-0.25, -0.2) is 0 Å². The average molecular weight is 214 g/mol. The molecule has 0 aliphatic rings. The second kappa shape index (κ2) is 4.74. The van der Waals surface area contributed by atoms with Gasteiger partial charge in [0.25, 0.3) is 0 Å². The van der Waals surface area contributed by atoms with E-state index < -0.39 is 12.6 Å². The molecule has 0 saturated heterocycles. The van der Waals surface area contributed by atoms with Gasteiger partial charge in [0.1, 0.15) is 12.2 Å². The summed E-state index contributed by atoms with van der Waals surface area (Å²) in [7, 11) is 1.52. The summed E-state index contributed by atoms with van der Waals surface area (Å²) in [6.45, 7) is 0. The summed E-state index contributed by atoms with van der Waals surface area (Å²) in [6, 6.07) is 6.53. The molecule has 1 rings (SSSR count). The molecule has 1 aromatic rings. The lowest BCUT2D eigenvalue weighted by Crippen LogP contribution is -2.04. The first kappa shape index (κ1) is 11.4. The molecule has 0 bridgehead atoms. The van der Waals surface area contributed by atoms with Crippen molar-refractivity contribution in [3.8, 4) is 17.6 Å². The van der Waals surface area contributed by atoms with E-state index in [0.29, 0.717) is 11.3 Å². The van der Waals surface area contributed by atoms with Gasteiger partial charge in [-0.15, -0.1) is 0 Å². The van der Waals surface area contributed by atoms with Gasteiger partial charge in [-0.2, -0.15) is 13.2 Å². The quantitative estimate of drug-likeness (QED) is 0.653. The zero-order valence-corrected chi connectivity index (χ0v) is 8.06. The lowest BCUT2D eigenvalue weighted by atomic mass is 10.2. The molecule has 0 unspecified atom stereocenters. The number of benzene rings is 1. The molecule has 0 fully saturated rings. The Kier molecular flexibility index (Phi) is 3.62. The van der Waals surface area contributed by atoms with E-state index in [0.717, 1.165) is 0 Å². The average Bonchev–Trinajstić information content (AvgIpc) is 2.17. The van der Waals surface area contributed by atoms with Gasteiger partial charge in [-0.1, -0.05) is 11.8 Å². The Morgan fingerprint density at radius 3 is 2.27 bits per heavy atom. The molecule has 0 atom stereocenters. The van der Waals surface area contributed by atoms with E-state index in [2.05, 4.69) is 11.8 Å². The molecule has 1 nitrogen and oxygen atoms in total. The molecule has 0 heterocycles. The van der Waals surface area contributed by atoms with Crippen molar-refractivity contribution in [2.75, 3.05) is 7.11 Å². The number of alkyl halides is 3. The highest BCUT2D eigenvalue weighted by atomic mass is 19.4. The Hall–Kier alpha value is -1.63. The molecule has 0 spiro atoms. The van der Waals surface area contributed by atoms with E-state index in [9.17, 15) is 13.2 Å². The third-order valence-corrected chi connectivity index (χ3v) is 1.61. The summed E-state index contributed by atoms with van der Waals surface area (Å²) in [5, 5.41) is 0. The second-order valence-electron chi connectivity index (χ2n) is 2.82. The minimum atomic E-state index is -4.22. The van der Waals surface area contributed by atoms with Crippen LogP contribution in [0.2, 0.25) is 0 Å². The Balaban J connectivity index is 2.64. The minimum absolute atomic E-state index is 0.542. The van der Waals surface area contributed by atoms with Crippen LogP contribution < -0.4 is 4.74 Å². The van der Waals surface area contributed by atoms with Crippen LogP contribution in [0.15, 0.2) is 24.3 Å². The molecule has 1 aromatic carbocycles. The Morgan fingerprint density at radius 2 is 1.80 bits per heavy atom. The van der Waals surface area contributed by atoms with Gasteiger partial charge in [0.2, 0.25) is 0 Å². The van der Waals surface area contributed by atoms with Gasteiger partial charge >= 0.3 is 6.18 Å². The molecular weight excluding hydrogens is 205 g/mol. The van der Waals surface area contributed by atoms with Crippen LogP contribution in [-0.2, 0) is 0 Å². The molecule has 0 aliphatic heterocycles. The van der Waals surface area contributed by atoms with Crippen LogP contribution in [0.4, 0.5) is 13.2 Å². The maximum absolute atomic E-state index is 11.8. The number of hydrogen-bond donors (Lipinski definition) is 0. The van der Waals surface area contributed by atoms with Crippen LogP contribution in [-0.4, -0.2) is 13.3 Å². The van der Waals surface area contributed by atoms with Crippen LogP contribution in [0, 0.1) is 11.8 Å². The van der Waals surface area contributed by atoms with E-state index >= 15 is 0 Å². The lowest BCUT2D eigenvalue weighted by molar-refractivity contribution is -0.123. The van der Waals surface area contributed by atoms with E-state index in [1.807, 2.05) is 0 Å². The lowest BCUT2D eigenvalue weighted by Gasteiger charge is -1.99. The van der Waals surface area contributed by atoms with Crippen LogP contribution >= 0.6 is 0 Å². The van der Waals surface area contributed by atoms with Crippen molar-refractivity contribution in [1.82, 2.24) is 0 Å². The van der Waals surface area contributed by atoms with Crippen molar-refractivity contribution in [3.63, 3.8) is 0 Å². The number of ether oxygens (including phenoxy) is 1. The Labute approximate surface area is 85.9 Å². The summed E-state index contributed by atoms with van der Waals surface area (Å²) in [4.78, 5) is 0. The van der Waals surface area contributed by atoms with E-state index in [4.69, 9.17) is 4.74 Å². The van der Waals surface area contributed by atoms with E-state index in [1.54, 1.807) is 24.3 Å². The maximum atomic E-state index is 11.8. The van der Waals surface area contributed by atoms with Crippen molar-refractivity contribution in [2.45, 2.75) is 12.6 Å². The summed E-state index contributed by atoms with van der Waals surface area (Å²) in [6.07, 6.45) is -5.31. The van der Waals surface area contributed by atoms with Crippen LogP contribution in [0.3, 0.4) is 0 Å². The van der Waals surface area contributed by atoms with Crippen molar-refractivity contribution in [2.24, 2.45) is 0 Å². The van der Waals surface area contributed by atoms with Crippen LogP contribution in [0.25, 0.3) is 0 Å². The highest BCUT2D eigenvalue weighted by molar-refractivity contribution is 5.38. The first-order valence-electron chi connectivity index (χ1n) is 4.21. The molecule has 0 amide bonds. The predicted molar refractivity (Wildman–Crippen MR) is 50.5 cm³/mol. The van der Waals surface area contributed by atoms with Gasteiger partial charge in [-0.3, -0.25) is 0 Å².